The Morgan fingerprint density at radius 3 is 2.44 bits per heavy atom. The predicted octanol–water partition coefficient (Wildman–Crippen LogP) is 4.30. The first kappa shape index (κ1) is 14.0. The zero-order valence-corrected chi connectivity index (χ0v) is 11.1. The van der Waals surface area contributed by atoms with Gasteiger partial charge in [-0.3, -0.25) is 0 Å². The molecule has 18 heavy (non-hydrogen) atoms. The van der Waals surface area contributed by atoms with Gasteiger partial charge in [0.05, 0.1) is 6.61 Å². The number of hydrogen-bond donors (Lipinski definition) is 0. The Hall–Kier alpha value is -2.03. The molecule has 0 spiro atoms. The number of nitrogens with zero attached hydrogens (tertiary/aromatic N) is 1. The topological polar surface area (TPSA) is 31.4 Å². The Labute approximate surface area is 108 Å². The summed E-state index contributed by atoms with van der Waals surface area (Å²) in [4.78, 5) is 4.09. The minimum atomic E-state index is 0.580. The van der Waals surface area contributed by atoms with Crippen LogP contribution in [-0.2, 0) is 0 Å². The van der Waals surface area contributed by atoms with Crippen LogP contribution in [0.5, 0.6) is 17.4 Å². The molecule has 0 amide bonds. The summed E-state index contributed by atoms with van der Waals surface area (Å²) in [5, 5.41) is 0. The van der Waals surface area contributed by atoms with Crippen LogP contribution in [0.4, 0.5) is 0 Å². The first-order valence-electron chi connectivity index (χ1n) is 6.20. The van der Waals surface area contributed by atoms with Gasteiger partial charge in [-0.15, -0.1) is 0 Å². The molecule has 3 nitrogen and oxygen atoms in total. The molecular weight excluding hydrogens is 226 g/mol. The monoisotopic (exact) mass is 245 g/mol. The molecule has 0 saturated carbocycles. The van der Waals surface area contributed by atoms with E-state index in [-0.39, 0.29) is 0 Å². The van der Waals surface area contributed by atoms with Crippen molar-refractivity contribution in [2.75, 3.05) is 6.61 Å². The summed E-state index contributed by atoms with van der Waals surface area (Å²) in [6.07, 6.45) is 1.70. The molecule has 1 aromatic heterocycles. The number of benzene rings is 1. The summed E-state index contributed by atoms with van der Waals surface area (Å²) < 4.78 is 11.0. The zero-order chi connectivity index (χ0) is 13.2. The van der Waals surface area contributed by atoms with E-state index < -0.39 is 0 Å². The maximum absolute atomic E-state index is 5.57. The minimum absolute atomic E-state index is 0.580. The van der Waals surface area contributed by atoms with Crippen LogP contribution in [0.2, 0.25) is 0 Å². The Morgan fingerprint density at radius 1 is 1.00 bits per heavy atom. The van der Waals surface area contributed by atoms with E-state index in [1.54, 1.807) is 6.20 Å². The largest absolute Gasteiger partial charge is 0.494 e. The number of ether oxygens (including phenoxy) is 2. The normalized spacial score (nSPS) is 9.06. The molecule has 96 valence electrons. The average molecular weight is 245 g/mol. The summed E-state index contributed by atoms with van der Waals surface area (Å²) in [6, 6.07) is 13.1. The number of rotatable bonds is 4. The van der Waals surface area contributed by atoms with E-state index in [1.165, 1.54) is 0 Å². The first-order valence-corrected chi connectivity index (χ1v) is 6.20. The van der Waals surface area contributed by atoms with Gasteiger partial charge in [-0.25, -0.2) is 4.98 Å². The molecule has 0 unspecified atom stereocenters. The van der Waals surface area contributed by atoms with Crippen LogP contribution >= 0.6 is 0 Å². The number of aromatic nitrogens is 1. The maximum atomic E-state index is 5.57. The highest BCUT2D eigenvalue weighted by Gasteiger charge is 1.99. The van der Waals surface area contributed by atoms with Crippen LogP contribution < -0.4 is 9.47 Å². The highest BCUT2D eigenvalue weighted by Crippen LogP contribution is 2.23. The molecule has 0 saturated heterocycles. The number of hydrogen-bond acceptors (Lipinski definition) is 3. The van der Waals surface area contributed by atoms with E-state index in [9.17, 15) is 0 Å². The second-order valence-corrected chi connectivity index (χ2v) is 3.18. The quantitative estimate of drug-likeness (QED) is 0.804. The Kier molecular flexibility index (Phi) is 6.33. The third kappa shape index (κ3) is 4.45. The van der Waals surface area contributed by atoms with E-state index in [1.807, 2.05) is 63.2 Å². The fraction of sp³-hybridized carbons (Fsp3) is 0.267. The average Bonchev–Trinajstić information content (AvgIpc) is 2.43. The molecule has 0 atom stereocenters. The van der Waals surface area contributed by atoms with Crippen LogP contribution in [0.3, 0.4) is 0 Å². The first-order chi connectivity index (χ1) is 8.88. The lowest BCUT2D eigenvalue weighted by Crippen LogP contribution is -1.92. The molecule has 2 rings (SSSR count). The lowest BCUT2D eigenvalue weighted by Gasteiger charge is -2.06. The van der Waals surface area contributed by atoms with Crippen molar-refractivity contribution < 1.29 is 9.47 Å². The van der Waals surface area contributed by atoms with Crippen molar-refractivity contribution in [2.45, 2.75) is 20.8 Å². The van der Waals surface area contributed by atoms with Crippen molar-refractivity contribution in [1.82, 2.24) is 4.98 Å². The van der Waals surface area contributed by atoms with Crippen LogP contribution in [0.15, 0.2) is 48.7 Å². The van der Waals surface area contributed by atoms with Crippen molar-refractivity contribution in [3.63, 3.8) is 0 Å². The summed E-state index contributed by atoms with van der Waals surface area (Å²) >= 11 is 0. The third-order valence-corrected chi connectivity index (χ3v) is 1.98. The van der Waals surface area contributed by atoms with Crippen LogP contribution in [0, 0.1) is 0 Å². The van der Waals surface area contributed by atoms with E-state index in [2.05, 4.69) is 4.98 Å². The fourth-order valence-corrected chi connectivity index (χ4v) is 1.32. The smallest absolute Gasteiger partial charge is 0.219 e. The minimum Gasteiger partial charge on any atom is -0.494 e. The molecule has 0 N–H and O–H groups in total. The van der Waals surface area contributed by atoms with Gasteiger partial charge >= 0.3 is 0 Å². The van der Waals surface area contributed by atoms with Crippen molar-refractivity contribution in [3.05, 3.63) is 48.7 Å². The van der Waals surface area contributed by atoms with Crippen LogP contribution in [-0.4, -0.2) is 11.6 Å². The molecule has 0 fully saturated rings. The van der Waals surface area contributed by atoms with Crippen LogP contribution in [0.25, 0.3) is 0 Å². The molecule has 3 heteroatoms. The molecule has 0 aliphatic carbocycles. The Morgan fingerprint density at radius 2 is 1.78 bits per heavy atom. The summed E-state index contributed by atoms with van der Waals surface area (Å²) in [7, 11) is 0. The van der Waals surface area contributed by atoms with Gasteiger partial charge in [0.2, 0.25) is 5.88 Å². The van der Waals surface area contributed by atoms with Crippen molar-refractivity contribution in [3.8, 4) is 17.4 Å². The number of pyridine rings is 1. The predicted molar refractivity (Wildman–Crippen MR) is 73.3 cm³/mol. The van der Waals surface area contributed by atoms with Crippen molar-refractivity contribution in [1.29, 1.82) is 0 Å². The molecule has 0 bridgehead atoms. The molecule has 0 radical (unpaired) electrons. The van der Waals surface area contributed by atoms with Gasteiger partial charge in [0, 0.05) is 18.3 Å². The van der Waals surface area contributed by atoms with Crippen molar-refractivity contribution in [2.24, 2.45) is 0 Å². The second kappa shape index (κ2) is 8.12. The van der Waals surface area contributed by atoms with E-state index in [4.69, 9.17) is 9.47 Å². The zero-order valence-electron chi connectivity index (χ0n) is 11.1. The molecule has 1 heterocycles. The van der Waals surface area contributed by atoms with Gasteiger partial charge in [0.1, 0.15) is 11.5 Å². The van der Waals surface area contributed by atoms with Gasteiger partial charge in [-0.05, 0) is 25.1 Å². The van der Waals surface area contributed by atoms with E-state index >= 15 is 0 Å². The third-order valence-electron chi connectivity index (χ3n) is 1.98. The van der Waals surface area contributed by atoms with E-state index in [0.717, 1.165) is 11.5 Å². The Bertz CT molecular complexity index is 443. The maximum Gasteiger partial charge on any atom is 0.219 e. The molecule has 0 aliphatic heterocycles. The molecule has 2 aromatic rings. The Balaban J connectivity index is 0.000000771. The summed E-state index contributed by atoms with van der Waals surface area (Å²) in [5.41, 5.74) is 0. The van der Waals surface area contributed by atoms with Crippen LogP contribution in [0.1, 0.15) is 20.8 Å². The summed E-state index contributed by atoms with van der Waals surface area (Å²) in [5.74, 6) is 2.11. The van der Waals surface area contributed by atoms with Gasteiger partial charge in [0.25, 0.3) is 0 Å². The van der Waals surface area contributed by atoms with Gasteiger partial charge in [-0.1, -0.05) is 26.0 Å². The van der Waals surface area contributed by atoms with E-state index in [0.29, 0.717) is 12.5 Å². The lowest BCUT2D eigenvalue weighted by molar-refractivity contribution is 0.338. The highest BCUT2D eigenvalue weighted by atomic mass is 16.5. The van der Waals surface area contributed by atoms with Gasteiger partial charge < -0.3 is 9.47 Å². The van der Waals surface area contributed by atoms with Gasteiger partial charge in [-0.2, -0.15) is 0 Å². The molecular formula is C15H19NO2. The molecule has 0 aliphatic rings. The summed E-state index contributed by atoms with van der Waals surface area (Å²) in [6.45, 7) is 6.60. The SMILES string of the molecule is CC.CCOc1cccc(Oc2ccccn2)c1. The van der Waals surface area contributed by atoms with Gasteiger partial charge in [0.15, 0.2) is 0 Å². The standard InChI is InChI=1S/C13H13NO2.C2H6/c1-2-15-11-6-5-7-12(10-11)16-13-8-3-4-9-14-13;1-2/h3-10H,2H2,1H3;1-2H3. The molecule has 1 aromatic carbocycles. The van der Waals surface area contributed by atoms with Crippen molar-refractivity contribution >= 4 is 0 Å². The highest BCUT2D eigenvalue weighted by molar-refractivity contribution is 5.35. The lowest BCUT2D eigenvalue weighted by atomic mass is 10.3. The fourth-order valence-electron chi connectivity index (χ4n) is 1.32. The second-order valence-electron chi connectivity index (χ2n) is 3.18.